The minimum absolute atomic E-state index is 0.122. The molecule has 160 valence electrons. The van der Waals surface area contributed by atoms with E-state index >= 15 is 0 Å². The van der Waals surface area contributed by atoms with E-state index in [1.54, 1.807) is 18.2 Å². The second kappa shape index (κ2) is 9.23. The molecule has 3 aromatic carbocycles. The lowest BCUT2D eigenvalue weighted by Gasteiger charge is -2.30. The van der Waals surface area contributed by atoms with Crippen molar-refractivity contribution >= 4 is 5.70 Å². The smallest absolute Gasteiger partial charge is 0.189 e. The number of rotatable bonds is 6. The average Bonchev–Trinajstić information content (AvgIpc) is 2.80. The maximum absolute atomic E-state index is 14.6. The van der Waals surface area contributed by atoms with Crippen LogP contribution in [-0.2, 0) is 6.42 Å². The van der Waals surface area contributed by atoms with Crippen molar-refractivity contribution in [2.75, 3.05) is 6.61 Å². The Morgan fingerprint density at radius 3 is 2.42 bits per heavy atom. The van der Waals surface area contributed by atoms with E-state index in [0.717, 1.165) is 23.2 Å². The molecule has 0 amide bonds. The Morgan fingerprint density at radius 1 is 0.968 bits per heavy atom. The van der Waals surface area contributed by atoms with E-state index in [1.807, 2.05) is 30.4 Å². The number of nitrogens with two attached hydrogens (primary N) is 1. The standard InChI is InChI=1S/C26H27FN2O2/c1-3-17-12-14-18(15-13-17)22-16-23(20-9-7-11-24(25(20)30)31-4-2)29-26(28-22)19-8-5-6-10-21(19)27/h5-16,23,26,28-30H,3-4H2,1-2H3/p+1. The SMILES string of the molecule is CCOc1cccc(C2C=C(c3ccc(CC)cc3)NC(c3ccccc3F)[NH2+]2)c1O. The maximum Gasteiger partial charge on any atom is 0.189 e. The largest absolute Gasteiger partial charge is 0.504 e. The molecule has 0 saturated heterocycles. The van der Waals surface area contributed by atoms with Crippen LogP contribution in [0.3, 0.4) is 0 Å². The lowest BCUT2D eigenvalue weighted by Crippen LogP contribution is -2.90. The number of hydrogen-bond donors (Lipinski definition) is 3. The van der Waals surface area contributed by atoms with Crippen LogP contribution in [0.25, 0.3) is 5.70 Å². The number of para-hydroxylation sites is 1. The third-order valence-electron chi connectivity index (χ3n) is 5.66. The third kappa shape index (κ3) is 4.42. The molecule has 0 radical (unpaired) electrons. The Bertz CT molecular complexity index is 1080. The first-order valence-corrected chi connectivity index (χ1v) is 10.7. The Balaban J connectivity index is 1.77. The lowest BCUT2D eigenvalue weighted by molar-refractivity contribution is -0.731. The van der Waals surface area contributed by atoms with Crippen molar-refractivity contribution < 1.29 is 19.6 Å². The highest BCUT2D eigenvalue weighted by Gasteiger charge is 2.31. The number of aromatic hydroxyl groups is 1. The highest BCUT2D eigenvalue weighted by Crippen LogP contribution is 2.35. The number of halogens is 1. The zero-order valence-electron chi connectivity index (χ0n) is 17.8. The second-order valence-corrected chi connectivity index (χ2v) is 7.62. The van der Waals surface area contributed by atoms with E-state index < -0.39 is 0 Å². The van der Waals surface area contributed by atoms with Crippen molar-refractivity contribution in [3.8, 4) is 11.5 Å². The summed E-state index contributed by atoms with van der Waals surface area (Å²) < 4.78 is 20.2. The zero-order chi connectivity index (χ0) is 21.8. The average molecular weight is 420 g/mol. The number of quaternary nitrogens is 1. The van der Waals surface area contributed by atoms with Crippen LogP contribution in [0.15, 0.2) is 72.8 Å². The van der Waals surface area contributed by atoms with Gasteiger partial charge in [-0.1, -0.05) is 49.4 Å². The van der Waals surface area contributed by atoms with Crippen LogP contribution in [0.2, 0.25) is 0 Å². The number of aryl methyl sites for hydroxylation is 1. The van der Waals surface area contributed by atoms with E-state index in [9.17, 15) is 9.50 Å². The van der Waals surface area contributed by atoms with Crippen LogP contribution in [0, 0.1) is 5.82 Å². The fraction of sp³-hybridized carbons (Fsp3) is 0.231. The van der Waals surface area contributed by atoms with Gasteiger partial charge in [0.15, 0.2) is 17.7 Å². The van der Waals surface area contributed by atoms with Gasteiger partial charge in [-0.05, 0) is 48.7 Å². The topological polar surface area (TPSA) is 58.1 Å². The summed E-state index contributed by atoms with van der Waals surface area (Å²) in [5.74, 6) is 0.318. The maximum atomic E-state index is 14.6. The molecule has 0 saturated carbocycles. The first-order valence-electron chi connectivity index (χ1n) is 10.7. The molecule has 4 nitrogen and oxygen atoms in total. The summed E-state index contributed by atoms with van der Waals surface area (Å²) in [5, 5.41) is 16.3. The summed E-state index contributed by atoms with van der Waals surface area (Å²) in [5.41, 5.74) is 4.50. The molecule has 1 aliphatic heterocycles. The summed E-state index contributed by atoms with van der Waals surface area (Å²) >= 11 is 0. The quantitative estimate of drug-likeness (QED) is 0.554. The third-order valence-corrected chi connectivity index (χ3v) is 5.66. The number of phenols is 1. The van der Waals surface area contributed by atoms with Gasteiger partial charge in [0, 0.05) is 11.8 Å². The van der Waals surface area contributed by atoms with Gasteiger partial charge in [0.2, 0.25) is 0 Å². The summed E-state index contributed by atoms with van der Waals surface area (Å²) in [7, 11) is 0. The first kappa shape index (κ1) is 20.9. The monoisotopic (exact) mass is 419 g/mol. The van der Waals surface area contributed by atoms with Crippen molar-refractivity contribution in [1.29, 1.82) is 0 Å². The molecule has 1 heterocycles. The van der Waals surface area contributed by atoms with Gasteiger partial charge in [-0.15, -0.1) is 0 Å². The number of ether oxygens (including phenoxy) is 1. The van der Waals surface area contributed by atoms with E-state index in [0.29, 0.717) is 17.9 Å². The van der Waals surface area contributed by atoms with Crippen molar-refractivity contribution in [2.45, 2.75) is 32.5 Å². The number of hydrogen-bond acceptors (Lipinski definition) is 3. The summed E-state index contributed by atoms with van der Waals surface area (Å²) in [6, 6.07) is 20.5. The van der Waals surface area contributed by atoms with Crippen molar-refractivity contribution in [3.05, 3.63) is 101 Å². The number of benzene rings is 3. The summed E-state index contributed by atoms with van der Waals surface area (Å²) in [4.78, 5) is 0. The van der Waals surface area contributed by atoms with Crippen LogP contribution in [0.5, 0.6) is 11.5 Å². The van der Waals surface area contributed by atoms with Crippen LogP contribution in [-0.4, -0.2) is 11.7 Å². The van der Waals surface area contributed by atoms with Crippen molar-refractivity contribution in [3.63, 3.8) is 0 Å². The molecular weight excluding hydrogens is 391 g/mol. The van der Waals surface area contributed by atoms with Crippen LogP contribution in [0.1, 0.15) is 48.3 Å². The molecule has 1 aliphatic rings. The van der Waals surface area contributed by atoms with Crippen LogP contribution < -0.4 is 15.4 Å². The Hall–Kier alpha value is -3.31. The molecule has 2 unspecified atom stereocenters. The summed E-state index contributed by atoms with van der Waals surface area (Å²) in [6.07, 6.45) is 2.70. The van der Waals surface area contributed by atoms with Gasteiger partial charge in [-0.2, -0.15) is 0 Å². The van der Waals surface area contributed by atoms with Gasteiger partial charge in [0.1, 0.15) is 11.9 Å². The predicted octanol–water partition coefficient (Wildman–Crippen LogP) is 4.44. The minimum Gasteiger partial charge on any atom is -0.504 e. The molecule has 4 rings (SSSR count). The van der Waals surface area contributed by atoms with Crippen molar-refractivity contribution in [1.82, 2.24) is 5.32 Å². The highest BCUT2D eigenvalue weighted by molar-refractivity contribution is 5.66. The second-order valence-electron chi connectivity index (χ2n) is 7.62. The molecule has 2 atom stereocenters. The molecule has 0 aliphatic carbocycles. The van der Waals surface area contributed by atoms with Crippen LogP contribution in [0.4, 0.5) is 4.39 Å². The van der Waals surface area contributed by atoms with Crippen LogP contribution >= 0.6 is 0 Å². The van der Waals surface area contributed by atoms with Gasteiger partial charge in [0.05, 0.1) is 17.7 Å². The van der Waals surface area contributed by atoms with Gasteiger partial charge in [-0.3, -0.25) is 0 Å². The van der Waals surface area contributed by atoms with E-state index in [1.165, 1.54) is 11.6 Å². The van der Waals surface area contributed by atoms with Gasteiger partial charge in [-0.25, -0.2) is 4.39 Å². The number of nitrogens with one attached hydrogen (secondary N) is 1. The fourth-order valence-corrected chi connectivity index (χ4v) is 3.99. The molecule has 31 heavy (non-hydrogen) atoms. The Labute approximate surface area is 182 Å². The predicted molar refractivity (Wildman–Crippen MR) is 120 cm³/mol. The zero-order valence-corrected chi connectivity index (χ0v) is 17.8. The van der Waals surface area contributed by atoms with E-state index in [2.05, 4.69) is 42.6 Å². The molecule has 0 bridgehead atoms. The Morgan fingerprint density at radius 2 is 1.71 bits per heavy atom. The van der Waals surface area contributed by atoms with Crippen molar-refractivity contribution in [2.24, 2.45) is 0 Å². The molecule has 5 heteroatoms. The normalized spacial score (nSPS) is 18.2. The van der Waals surface area contributed by atoms with Gasteiger partial charge >= 0.3 is 0 Å². The van der Waals surface area contributed by atoms with Gasteiger partial charge < -0.3 is 20.5 Å². The summed E-state index contributed by atoms with van der Waals surface area (Å²) in [6.45, 7) is 4.48. The molecule has 0 aromatic heterocycles. The number of phenolic OH excluding ortho intramolecular Hbond substituents is 1. The van der Waals surface area contributed by atoms with E-state index in [4.69, 9.17) is 4.74 Å². The molecular formula is C26H28FN2O2+. The molecule has 4 N–H and O–H groups in total. The highest BCUT2D eigenvalue weighted by atomic mass is 19.1. The van der Waals surface area contributed by atoms with E-state index in [-0.39, 0.29) is 23.8 Å². The first-order chi connectivity index (χ1) is 15.1. The molecule has 0 spiro atoms. The Kier molecular flexibility index (Phi) is 6.23. The fourth-order valence-electron chi connectivity index (χ4n) is 3.99. The minimum atomic E-state index is -0.341. The lowest BCUT2D eigenvalue weighted by atomic mass is 9.97. The molecule has 0 fully saturated rings. The molecule has 3 aromatic rings. The van der Waals surface area contributed by atoms with Gasteiger partial charge in [0.25, 0.3) is 0 Å².